The second-order valence-corrected chi connectivity index (χ2v) is 5.62. The van der Waals surface area contributed by atoms with Crippen LogP contribution in [0, 0.1) is 5.92 Å². The van der Waals surface area contributed by atoms with Crippen LogP contribution in [0.5, 0.6) is 0 Å². The first-order valence-corrected chi connectivity index (χ1v) is 6.36. The van der Waals surface area contributed by atoms with Crippen molar-refractivity contribution >= 4 is 5.97 Å². The molecule has 1 unspecified atom stereocenters. The van der Waals surface area contributed by atoms with Crippen LogP contribution in [0.25, 0.3) is 0 Å². The van der Waals surface area contributed by atoms with E-state index in [1.54, 1.807) is 7.05 Å². The molecule has 4 heteroatoms. The number of carbonyl (C=O) groups excluding carboxylic acids is 1. The van der Waals surface area contributed by atoms with Crippen molar-refractivity contribution in [3.63, 3.8) is 0 Å². The van der Waals surface area contributed by atoms with Crippen molar-refractivity contribution in [1.82, 2.24) is 5.32 Å². The molecular weight excluding hydrogens is 218 g/mol. The molecule has 0 spiro atoms. The van der Waals surface area contributed by atoms with Crippen molar-refractivity contribution in [3.8, 4) is 0 Å². The molecule has 1 saturated carbocycles. The minimum Gasteiger partial charge on any atom is -0.465 e. The van der Waals surface area contributed by atoms with Crippen LogP contribution in [0.15, 0.2) is 0 Å². The van der Waals surface area contributed by atoms with Gasteiger partial charge in [-0.05, 0) is 53.5 Å². The number of rotatable bonds is 6. The predicted molar refractivity (Wildman–Crippen MR) is 66.9 cm³/mol. The Bertz CT molecular complexity index is 268. The van der Waals surface area contributed by atoms with E-state index in [1.807, 2.05) is 27.7 Å². The summed E-state index contributed by atoms with van der Waals surface area (Å²) in [4.78, 5) is 12.1. The summed E-state index contributed by atoms with van der Waals surface area (Å²) < 4.78 is 11.0. The zero-order valence-electron chi connectivity index (χ0n) is 11.6. The Hall–Kier alpha value is -0.610. The first-order chi connectivity index (χ1) is 7.85. The number of nitrogens with one attached hydrogen (secondary N) is 1. The van der Waals surface area contributed by atoms with Gasteiger partial charge < -0.3 is 14.8 Å². The van der Waals surface area contributed by atoms with Crippen LogP contribution in [0.1, 0.15) is 40.5 Å². The molecule has 0 aliphatic heterocycles. The lowest BCUT2D eigenvalue weighted by molar-refractivity contribution is -0.158. The van der Waals surface area contributed by atoms with Gasteiger partial charge in [0.2, 0.25) is 0 Å². The Labute approximate surface area is 104 Å². The fourth-order valence-corrected chi connectivity index (χ4v) is 1.89. The molecule has 1 aliphatic carbocycles. The average Bonchev–Trinajstić information content (AvgIpc) is 3.02. The van der Waals surface area contributed by atoms with Crippen LogP contribution < -0.4 is 5.32 Å². The van der Waals surface area contributed by atoms with Crippen LogP contribution in [0.3, 0.4) is 0 Å². The number of likely N-dealkylation sites (N-methyl/N-ethyl adjacent to an activating group) is 1. The first-order valence-electron chi connectivity index (χ1n) is 6.36. The molecule has 0 bridgehead atoms. The summed E-state index contributed by atoms with van der Waals surface area (Å²) in [5, 5.41) is 3.14. The Balaban J connectivity index is 2.74. The third kappa shape index (κ3) is 3.68. The SMILES string of the molecule is CCOC(=O)C(COC(C)(C)C)(NC)C1CC1. The molecule has 0 amide bonds. The van der Waals surface area contributed by atoms with Gasteiger partial charge in [-0.2, -0.15) is 0 Å². The van der Waals surface area contributed by atoms with Crippen LogP contribution >= 0.6 is 0 Å². The van der Waals surface area contributed by atoms with Gasteiger partial charge in [0, 0.05) is 0 Å². The summed E-state index contributed by atoms with van der Waals surface area (Å²) >= 11 is 0. The van der Waals surface area contributed by atoms with Gasteiger partial charge in [-0.3, -0.25) is 0 Å². The lowest BCUT2D eigenvalue weighted by atomic mass is 9.94. The van der Waals surface area contributed by atoms with Crippen molar-refractivity contribution in [3.05, 3.63) is 0 Å². The normalized spacial score (nSPS) is 19.8. The van der Waals surface area contributed by atoms with Crippen molar-refractivity contribution in [2.75, 3.05) is 20.3 Å². The molecule has 100 valence electrons. The van der Waals surface area contributed by atoms with Crippen LogP contribution in [0.4, 0.5) is 0 Å². The monoisotopic (exact) mass is 243 g/mol. The predicted octanol–water partition coefficient (Wildman–Crippen LogP) is 1.73. The number of esters is 1. The molecule has 0 heterocycles. The molecule has 1 fully saturated rings. The summed E-state index contributed by atoms with van der Waals surface area (Å²) in [6, 6.07) is 0. The lowest BCUT2D eigenvalue weighted by Gasteiger charge is -2.34. The number of hydrogen-bond acceptors (Lipinski definition) is 4. The number of hydrogen-bond donors (Lipinski definition) is 1. The quantitative estimate of drug-likeness (QED) is 0.722. The second-order valence-electron chi connectivity index (χ2n) is 5.62. The van der Waals surface area contributed by atoms with Gasteiger partial charge in [0.05, 0.1) is 18.8 Å². The lowest BCUT2D eigenvalue weighted by Crippen LogP contribution is -2.57. The molecule has 4 nitrogen and oxygen atoms in total. The van der Waals surface area contributed by atoms with Crippen LogP contribution in [-0.4, -0.2) is 37.4 Å². The minimum absolute atomic E-state index is 0.186. The van der Waals surface area contributed by atoms with Gasteiger partial charge in [0.1, 0.15) is 5.54 Å². The minimum atomic E-state index is -0.663. The van der Waals surface area contributed by atoms with Gasteiger partial charge in [-0.15, -0.1) is 0 Å². The standard InChI is InChI=1S/C13H25NO3/c1-6-16-11(15)13(14-5,10-7-8-10)9-17-12(2,3)4/h10,14H,6-9H2,1-5H3. The van der Waals surface area contributed by atoms with Gasteiger partial charge in [-0.1, -0.05) is 0 Å². The van der Waals surface area contributed by atoms with Crippen molar-refractivity contribution in [2.45, 2.75) is 51.7 Å². The maximum Gasteiger partial charge on any atom is 0.329 e. The number of carbonyl (C=O) groups is 1. The molecule has 0 aromatic rings. The first kappa shape index (κ1) is 14.5. The Morgan fingerprint density at radius 2 is 1.94 bits per heavy atom. The zero-order chi connectivity index (χ0) is 13.1. The molecule has 1 aliphatic rings. The van der Waals surface area contributed by atoms with E-state index < -0.39 is 5.54 Å². The maximum absolute atomic E-state index is 12.1. The van der Waals surface area contributed by atoms with E-state index in [0.29, 0.717) is 19.1 Å². The highest BCUT2D eigenvalue weighted by atomic mass is 16.5. The highest BCUT2D eigenvalue weighted by Crippen LogP contribution is 2.41. The fourth-order valence-electron chi connectivity index (χ4n) is 1.89. The summed E-state index contributed by atoms with van der Waals surface area (Å²) in [7, 11) is 1.81. The molecule has 0 saturated heterocycles. The zero-order valence-corrected chi connectivity index (χ0v) is 11.6. The van der Waals surface area contributed by atoms with Crippen LogP contribution in [-0.2, 0) is 14.3 Å². The highest BCUT2D eigenvalue weighted by Gasteiger charge is 2.51. The third-order valence-electron chi connectivity index (χ3n) is 3.09. The second kappa shape index (κ2) is 5.36. The van der Waals surface area contributed by atoms with Crippen molar-refractivity contribution in [1.29, 1.82) is 0 Å². The summed E-state index contributed by atoms with van der Waals surface area (Å²) in [6.07, 6.45) is 2.13. The molecule has 0 radical (unpaired) electrons. The maximum atomic E-state index is 12.1. The fraction of sp³-hybridized carbons (Fsp3) is 0.923. The Morgan fingerprint density at radius 3 is 2.29 bits per heavy atom. The van der Waals surface area contributed by atoms with Gasteiger partial charge in [0.15, 0.2) is 0 Å². The third-order valence-corrected chi connectivity index (χ3v) is 3.09. The van der Waals surface area contributed by atoms with Gasteiger partial charge >= 0.3 is 5.97 Å². The van der Waals surface area contributed by atoms with E-state index in [2.05, 4.69) is 5.32 Å². The molecule has 1 rings (SSSR count). The van der Waals surface area contributed by atoms with Gasteiger partial charge in [0.25, 0.3) is 0 Å². The average molecular weight is 243 g/mol. The molecule has 0 aromatic heterocycles. The number of ether oxygens (including phenoxy) is 2. The van der Waals surface area contributed by atoms with E-state index in [9.17, 15) is 4.79 Å². The van der Waals surface area contributed by atoms with E-state index in [1.165, 1.54) is 0 Å². The summed E-state index contributed by atoms with van der Waals surface area (Å²) in [5.41, 5.74) is -0.910. The van der Waals surface area contributed by atoms with E-state index in [0.717, 1.165) is 12.8 Å². The van der Waals surface area contributed by atoms with Crippen LogP contribution in [0.2, 0.25) is 0 Å². The van der Waals surface area contributed by atoms with Gasteiger partial charge in [-0.25, -0.2) is 4.79 Å². The Kier molecular flexibility index (Phi) is 4.55. The highest BCUT2D eigenvalue weighted by molar-refractivity contribution is 5.82. The van der Waals surface area contributed by atoms with E-state index in [4.69, 9.17) is 9.47 Å². The smallest absolute Gasteiger partial charge is 0.329 e. The summed E-state index contributed by atoms with van der Waals surface area (Å²) in [5.74, 6) is 0.156. The van der Waals surface area contributed by atoms with Crippen molar-refractivity contribution in [2.24, 2.45) is 5.92 Å². The van der Waals surface area contributed by atoms with Crippen molar-refractivity contribution < 1.29 is 14.3 Å². The molecule has 17 heavy (non-hydrogen) atoms. The molecular formula is C13H25NO3. The topological polar surface area (TPSA) is 47.6 Å². The molecule has 1 N–H and O–H groups in total. The van der Waals surface area contributed by atoms with E-state index >= 15 is 0 Å². The molecule has 0 aromatic carbocycles. The van der Waals surface area contributed by atoms with E-state index in [-0.39, 0.29) is 11.6 Å². The largest absolute Gasteiger partial charge is 0.465 e. The summed E-state index contributed by atoms with van der Waals surface area (Å²) in [6.45, 7) is 8.58. The molecule has 1 atom stereocenters. The Morgan fingerprint density at radius 1 is 1.35 bits per heavy atom.